The number of nitrogens with zero attached hydrogens (tertiary/aromatic N) is 3. The Bertz CT molecular complexity index is 776. The van der Waals surface area contributed by atoms with Gasteiger partial charge in [0.2, 0.25) is 0 Å². The molecule has 0 spiro atoms. The van der Waals surface area contributed by atoms with Gasteiger partial charge in [-0.15, -0.1) is 0 Å². The highest BCUT2D eigenvalue weighted by molar-refractivity contribution is 6.10. The standard InChI is InChI=1S/C16H17N5O2/c1-2-10-7-13-18-14-12(15(22)21(13)19-10)9-20(16(14)23)8-11-5-3-4-6-17-11/h3-7,10,18-19H,2,8-9H2,1H3/i/hD. The number of carbonyl (C=O) groups is 2. The number of carbonyl (C=O) groups excluding carboxylic acids is 2. The lowest BCUT2D eigenvalue weighted by molar-refractivity contribution is -0.129. The summed E-state index contributed by atoms with van der Waals surface area (Å²) in [6, 6.07) is 5.36. The summed E-state index contributed by atoms with van der Waals surface area (Å²) >= 11 is 0. The lowest BCUT2D eigenvalue weighted by Gasteiger charge is -2.26. The van der Waals surface area contributed by atoms with Gasteiger partial charge in [-0.2, -0.15) is 0 Å². The molecular formula is C16H17N5O2. The van der Waals surface area contributed by atoms with Crippen molar-refractivity contribution in [3.05, 3.63) is 53.3 Å². The first kappa shape index (κ1) is 12.8. The molecule has 1 unspecified atom stereocenters. The third-order valence-corrected chi connectivity index (χ3v) is 4.19. The van der Waals surface area contributed by atoms with E-state index in [0.29, 0.717) is 30.1 Å². The van der Waals surface area contributed by atoms with E-state index in [9.17, 15) is 9.59 Å². The summed E-state index contributed by atoms with van der Waals surface area (Å²) in [6.07, 6.45) is 4.20. The van der Waals surface area contributed by atoms with Gasteiger partial charge in [0, 0.05) is 12.2 Å². The van der Waals surface area contributed by atoms with Crippen molar-refractivity contribution in [1.29, 1.82) is 0 Å². The van der Waals surface area contributed by atoms with Crippen LogP contribution < -0.4 is 10.7 Å². The normalized spacial score (nSPS) is 24.5. The maximum absolute atomic E-state index is 12.7. The lowest BCUT2D eigenvalue weighted by atomic mass is 10.2. The molecule has 0 aliphatic carbocycles. The summed E-state index contributed by atoms with van der Waals surface area (Å²) in [5.74, 6) is -0.0208. The Kier molecular flexibility index (Phi) is 2.90. The number of hydrazine groups is 1. The minimum absolute atomic E-state index is 0.170. The van der Waals surface area contributed by atoms with Crippen LogP contribution in [0.15, 0.2) is 47.6 Å². The lowest BCUT2D eigenvalue weighted by Crippen LogP contribution is -2.48. The maximum atomic E-state index is 12.7. The molecule has 1 aromatic rings. The van der Waals surface area contributed by atoms with Crippen molar-refractivity contribution in [1.82, 2.24) is 25.6 Å². The zero-order valence-electron chi connectivity index (χ0n) is 13.7. The van der Waals surface area contributed by atoms with E-state index in [-0.39, 0.29) is 24.4 Å². The first-order valence-electron chi connectivity index (χ1n) is 8.08. The highest BCUT2D eigenvalue weighted by atomic mass is 16.2. The van der Waals surface area contributed by atoms with Gasteiger partial charge < -0.3 is 10.2 Å². The van der Waals surface area contributed by atoms with Gasteiger partial charge in [0.15, 0.2) is 0 Å². The molecule has 0 fully saturated rings. The monoisotopic (exact) mass is 312 g/mol. The Hall–Kier alpha value is -2.67. The quantitative estimate of drug-likeness (QED) is 0.836. The van der Waals surface area contributed by atoms with Gasteiger partial charge in [-0.1, -0.05) is 13.0 Å². The van der Waals surface area contributed by atoms with Crippen LogP contribution in [0.4, 0.5) is 0 Å². The van der Waals surface area contributed by atoms with Crippen LogP contribution in [0.1, 0.15) is 19.0 Å². The van der Waals surface area contributed by atoms with Crippen molar-refractivity contribution < 1.29 is 11.0 Å². The van der Waals surface area contributed by atoms with E-state index >= 15 is 0 Å². The van der Waals surface area contributed by atoms with E-state index in [1.54, 1.807) is 11.1 Å². The van der Waals surface area contributed by atoms with Crippen molar-refractivity contribution >= 4 is 11.8 Å². The molecule has 1 aromatic heterocycles. The van der Waals surface area contributed by atoms with Crippen LogP contribution in [-0.4, -0.2) is 39.3 Å². The van der Waals surface area contributed by atoms with Crippen LogP contribution in [-0.2, 0) is 16.1 Å². The van der Waals surface area contributed by atoms with Crippen molar-refractivity contribution in [2.24, 2.45) is 0 Å². The van der Waals surface area contributed by atoms with Crippen molar-refractivity contribution in [2.45, 2.75) is 25.9 Å². The topological polar surface area (TPSA) is 77.6 Å². The van der Waals surface area contributed by atoms with E-state index < -0.39 is 0 Å². The Labute approximate surface area is 135 Å². The molecule has 3 aliphatic rings. The van der Waals surface area contributed by atoms with Gasteiger partial charge in [0.25, 0.3) is 11.8 Å². The fraction of sp³-hybridized carbons (Fsp3) is 0.312. The molecule has 7 heteroatoms. The third-order valence-electron chi connectivity index (χ3n) is 4.19. The molecule has 7 nitrogen and oxygen atoms in total. The minimum Gasteiger partial charge on any atom is -0.336 e. The minimum atomic E-state index is -0.308. The molecule has 0 bridgehead atoms. The molecule has 4 heterocycles. The second-order valence-corrected chi connectivity index (χ2v) is 5.72. The fourth-order valence-electron chi connectivity index (χ4n) is 2.96. The highest BCUT2D eigenvalue weighted by Gasteiger charge is 2.43. The van der Waals surface area contributed by atoms with Gasteiger partial charge in [-0.25, -0.2) is 10.4 Å². The molecule has 23 heavy (non-hydrogen) atoms. The average Bonchev–Trinajstić information content (AvgIpc) is 3.08. The molecule has 0 aromatic carbocycles. The van der Waals surface area contributed by atoms with E-state index in [0.717, 1.165) is 5.69 Å². The summed E-state index contributed by atoms with van der Waals surface area (Å²) in [5.41, 5.74) is 2.66. The van der Waals surface area contributed by atoms with Crippen LogP contribution in [0.25, 0.3) is 0 Å². The first-order valence-corrected chi connectivity index (χ1v) is 7.63. The predicted molar refractivity (Wildman–Crippen MR) is 82.0 cm³/mol. The fourth-order valence-corrected chi connectivity index (χ4v) is 2.96. The maximum Gasteiger partial charge on any atom is 0.274 e. The summed E-state index contributed by atoms with van der Waals surface area (Å²) in [7, 11) is 0. The summed E-state index contributed by atoms with van der Waals surface area (Å²) in [6.45, 7) is 2.53. The first-order chi connectivity index (χ1) is 11.6. The molecule has 1 atom stereocenters. The summed E-state index contributed by atoms with van der Waals surface area (Å²) in [4.78, 5) is 31.2. The van der Waals surface area contributed by atoms with Gasteiger partial charge in [0.1, 0.15) is 12.9 Å². The number of fused-ring (bicyclic) bond motifs is 1. The molecule has 0 saturated heterocycles. The van der Waals surface area contributed by atoms with Gasteiger partial charge in [-0.3, -0.25) is 14.6 Å². The van der Waals surface area contributed by atoms with Gasteiger partial charge >= 0.3 is 0 Å². The number of amides is 2. The number of rotatable bonds is 3. The molecule has 2 N–H and O–H groups in total. The van der Waals surface area contributed by atoms with E-state index in [1.165, 1.54) is 10.4 Å². The number of hydrogen-bond donors (Lipinski definition) is 2. The molecular weight excluding hydrogens is 294 g/mol. The zero-order chi connectivity index (χ0) is 16.8. The summed E-state index contributed by atoms with van der Waals surface area (Å²) in [5, 5.41) is 4.34. The second-order valence-electron chi connectivity index (χ2n) is 5.72. The van der Waals surface area contributed by atoms with Crippen molar-refractivity contribution in [3.63, 3.8) is 0 Å². The zero-order valence-corrected chi connectivity index (χ0v) is 12.7. The molecule has 0 radical (unpaired) electrons. The average molecular weight is 312 g/mol. The Morgan fingerprint density at radius 3 is 3.00 bits per heavy atom. The molecule has 4 rings (SSSR count). The Morgan fingerprint density at radius 2 is 2.26 bits per heavy atom. The smallest absolute Gasteiger partial charge is 0.274 e. The van der Waals surface area contributed by atoms with Crippen LogP contribution in [0, 0.1) is 0 Å². The summed E-state index contributed by atoms with van der Waals surface area (Å²) < 4.78 is 8.09. The van der Waals surface area contributed by atoms with Crippen molar-refractivity contribution in [2.75, 3.05) is 6.54 Å². The molecule has 2 amide bonds. The largest absolute Gasteiger partial charge is 0.336 e. The Balaban J connectivity index is 1.59. The number of pyridine rings is 1. The molecule has 118 valence electrons. The second kappa shape index (κ2) is 5.20. The Morgan fingerprint density at radius 1 is 1.39 bits per heavy atom. The molecule has 3 aliphatic heterocycles. The number of hydrogen-bond acceptors (Lipinski definition) is 5. The van der Waals surface area contributed by atoms with Crippen LogP contribution in [0.5, 0.6) is 0 Å². The SMILES string of the molecule is [2H]N1C(CC)C=C2NC3=C(CN(Cc4ccccn4)C3=O)C(=O)N21. The van der Waals surface area contributed by atoms with Gasteiger partial charge in [-0.05, 0) is 24.6 Å². The third kappa shape index (κ3) is 2.20. The highest BCUT2D eigenvalue weighted by Crippen LogP contribution is 2.28. The molecule has 0 saturated carbocycles. The van der Waals surface area contributed by atoms with E-state index in [2.05, 4.69) is 10.3 Å². The van der Waals surface area contributed by atoms with Crippen LogP contribution in [0.2, 0.25) is 1.41 Å². The number of aromatic nitrogens is 1. The predicted octanol–water partition coefficient (Wildman–Crippen LogP) is 0.248. The van der Waals surface area contributed by atoms with E-state index in [4.69, 9.17) is 1.41 Å². The van der Waals surface area contributed by atoms with Gasteiger partial charge in [0.05, 0.1) is 24.4 Å². The number of nitrogens with one attached hydrogen (secondary N) is 2. The van der Waals surface area contributed by atoms with E-state index in [1.807, 2.05) is 31.2 Å². The van der Waals surface area contributed by atoms with Crippen LogP contribution in [0.3, 0.4) is 0 Å². The van der Waals surface area contributed by atoms with Crippen molar-refractivity contribution in [3.8, 4) is 0 Å². The van der Waals surface area contributed by atoms with Crippen LogP contribution >= 0.6 is 0 Å².